The van der Waals surface area contributed by atoms with Crippen LogP contribution in [0, 0.1) is 19.8 Å². The molecular weight excluding hydrogens is 318 g/mol. The van der Waals surface area contributed by atoms with Gasteiger partial charge in [-0.2, -0.15) is 0 Å². The SMILES string of the molecule is Cc1cc2c(cc1C)CN(CC1CCCN(Cc3ccncc3)C1)CC2. The van der Waals surface area contributed by atoms with Crippen molar-refractivity contribution in [3.8, 4) is 0 Å². The number of hydrogen-bond acceptors (Lipinski definition) is 3. The molecule has 138 valence electrons. The van der Waals surface area contributed by atoms with Crippen molar-refractivity contribution in [3.05, 3.63) is 64.5 Å². The van der Waals surface area contributed by atoms with Crippen LogP contribution in [0.2, 0.25) is 0 Å². The zero-order valence-corrected chi connectivity index (χ0v) is 16.2. The second-order valence-corrected chi connectivity index (χ2v) is 8.29. The van der Waals surface area contributed by atoms with E-state index in [4.69, 9.17) is 0 Å². The molecule has 1 saturated heterocycles. The van der Waals surface area contributed by atoms with E-state index in [9.17, 15) is 0 Å². The Kier molecular flexibility index (Phi) is 5.37. The molecule has 3 heterocycles. The minimum Gasteiger partial charge on any atom is -0.299 e. The number of benzene rings is 1. The van der Waals surface area contributed by atoms with E-state index in [0.717, 1.165) is 19.0 Å². The van der Waals surface area contributed by atoms with Gasteiger partial charge in [-0.1, -0.05) is 12.1 Å². The van der Waals surface area contributed by atoms with Gasteiger partial charge in [0.05, 0.1) is 0 Å². The molecule has 0 spiro atoms. The van der Waals surface area contributed by atoms with E-state index in [1.165, 1.54) is 62.1 Å². The van der Waals surface area contributed by atoms with Crippen LogP contribution in [0.5, 0.6) is 0 Å². The van der Waals surface area contributed by atoms with Crippen LogP contribution in [0.3, 0.4) is 0 Å². The molecule has 2 aliphatic heterocycles. The number of likely N-dealkylation sites (tertiary alicyclic amines) is 1. The van der Waals surface area contributed by atoms with Crippen LogP contribution in [0.1, 0.15) is 40.7 Å². The van der Waals surface area contributed by atoms with Gasteiger partial charge in [0.15, 0.2) is 0 Å². The molecule has 2 aliphatic rings. The average Bonchev–Trinajstić information content (AvgIpc) is 2.64. The van der Waals surface area contributed by atoms with Crippen molar-refractivity contribution < 1.29 is 0 Å². The maximum Gasteiger partial charge on any atom is 0.0271 e. The van der Waals surface area contributed by atoms with Crippen LogP contribution in [0.4, 0.5) is 0 Å². The highest BCUT2D eigenvalue weighted by Crippen LogP contribution is 2.25. The second-order valence-electron chi connectivity index (χ2n) is 8.29. The fraction of sp³-hybridized carbons (Fsp3) is 0.522. The number of hydrogen-bond donors (Lipinski definition) is 0. The number of fused-ring (bicyclic) bond motifs is 1. The zero-order chi connectivity index (χ0) is 17.9. The summed E-state index contributed by atoms with van der Waals surface area (Å²) < 4.78 is 0. The van der Waals surface area contributed by atoms with Crippen molar-refractivity contribution in [2.24, 2.45) is 5.92 Å². The Labute approximate surface area is 158 Å². The summed E-state index contributed by atoms with van der Waals surface area (Å²) in [5.74, 6) is 0.804. The topological polar surface area (TPSA) is 19.4 Å². The molecular formula is C23H31N3. The van der Waals surface area contributed by atoms with Crippen molar-refractivity contribution in [2.75, 3.05) is 26.2 Å². The first-order chi connectivity index (χ1) is 12.7. The maximum absolute atomic E-state index is 4.14. The van der Waals surface area contributed by atoms with Gasteiger partial charge < -0.3 is 0 Å². The predicted octanol–water partition coefficient (Wildman–Crippen LogP) is 3.97. The monoisotopic (exact) mass is 349 g/mol. The molecule has 2 aromatic rings. The number of aromatic nitrogens is 1. The minimum atomic E-state index is 0.804. The summed E-state index contributed by atoms with van der Waals surface area (Å²) >= 11 is 0. The van der Waals surface area contributed by atoms with Crippen molar-refractivity contribution in [3.63, 3.8) is 0 Å². The molecule has 0 bridgehead atoms. The molecule has 1 unspecified atom stereocenters. The zero-order valence-electron chi connectivity index (χ0n) is 16.2. The molecule has 3 nitrogen and oxygen atoms in total. The van der Waals surface area contributed by atoms with Gasteiger partial charge in [0, 0.05) is 45.1 Å². The van der Waals surface area contributed by atoms with E-state index >= 15 is 0 Å². The molecule has 26 heavy (non-hydrogen) atoms. The van der Waals surface area contributed by atoms with Crippen LogP contribution in [0.25, 0.3) is 0 Å². The highest BCUT2D eigenvalue weighted by atomic mass is 15.2. The van der Waals surface area contributed by atoms with Gasteiger partial charge >= 0.3 is 0 Å². The Bertz CT molecular complexity index is 741. The van der Waals surface area contributed by atoms with E-state index in [1.54, 1.807) is 11.1 Å². The van der Waals surface area contributed by atoms with E-state index in [2.05, 4.69) is 52.9 Å². The summed E-state index contributed by atoms with van der Waals surface area (Å²) in [6.07, 6.45) is 7.74. The smallest absolute Gasteiger partial charge is 0.0271 e. The highest BCUT2D eigenvalue weighted by Gasteiger charge is 2.24. The molecule has 0 saturated carbocycles. The Hall–Kier alpha value is -1.71. The van der Waals surface area contributed by atoms with Gasteiger partial charge in [-0.3, -0.25) is 14.8 Å². The van der Waals surface area contributed by atoms with Crippen molar-refractivity contribution >= 4 is 0 Å². The number of pyridine rings is 1. The fourth-order valence-electron chi connectivity index (χ4n) is 4.63. The maximum atomic E-state index is 4.14. The lowest BCUT2D eigenvalue weighted by molar-refractivity contribution is 0.122. The normalized spacial score (nSPS) is 21.5. The van der Waals surface area contributed by atoms with Crippen molar-refractivity contribution in [2.45, 2.75) is 46.2 Å². The molecule has 4 rings (SSSR count). The van der Waals surface area contributed by atoms with Crippen molar-refractivity contribution in [1.82, 2.24) is 14.8 Å². The lowest BCUT2D eigenvalue weighted by Crippen LogP contribution is -2.42. The number of rotatable bonds is 4. The average molecular weight is 350 g/mol. The number of nitrogens with zero attached hydrogens (tertiary/aromatic N) is 3. The first-order valence-electron chi connectivity index (χ1n) is 10.1. The van der Waals surface area contributed by atoms with Gasteiger partial charge in [-0.25, -0.2) is 0 Å². The first kappa shape index (κ1) is 17.7. The summed E-state index contributed by atoms with van der Waals surface area (Å²) in [5, 5.41) is 0. The summed E-state index contributed by atoms with van der Waals surface area (Å²) in [7, 11) is 0. The van der Waals surface area contributed by atoms with Gasteiger partial charge in [0.25, 0.3) is 0 Å². The van der Waals surface area contributed by atoms with E-state index in [0.29, 0.717) is 0 Å². The fourth-order valence-corrected chi connectivity index (χ4v) is 4.63. The van der Waals surface area contributed by atoms with Gasteiger partial charge in [-0.05, 0) is 85.5 Å². The molecule has 1 fully saturated rings. The summed E-state index contributed by atoms with van der Waals surface area (Å²) in [6, 6.07) is 9.14. The Balaban J connectivity index is 1.34. The standard InChI is InChI=1S/C23H31N3/c1-18-12-22-7-11-26(17-23(22)13-19(18)2)16-21-4-3-10-25(15-21)14-20-5-8-24-9-6-20/h5-6,8-9,12-13,21H,3-4,7,10-11,14-17H2,1-2H3. The Morgan fingerprint density at radius 1 is 1.00 bits per heavy atom. The molecule has 0 radical (unpaired) electrons. The van der Waals surface area contributed by atoms with Crippen molar-refractivity contribution in [1.29, 1.82) is 0 Å². The number of piperidine rings is 1. The van der Waals surface area contributed by atoms with E-state index in [-0.39, 0.29) is 0 Å². The van der Waals surface area contributed by atoms with Crippen LogP contribution in [-0.4, -0.2) is 41.0 Å². The van der Waals surface area contributed by atoms with Crippen LogP contribution in [-0.2, 0) is 19.5 Å². The first-order valence-corrected chi connectivity index (χ1v) is 10.1. The second kappa shape index (κ2) is 7.89. The van der Waals surface area contributed by atoms with Crippen LogP contribution in [0.15, 0.2) is 36.7 Å². The third-order valence-electron chi connectivity index (χ3n) is 6.18. The lowest BCUT2D eigenvalue weighted by Gasteiger charge is -2.37. The van der Waals surface area contributed by atoms with E-state index in [1.807, 2.05) is 12.4 Å². The van der Waals surface area contributed by atoms with Crippen LogP contribution < -0.4 is 0 Å². The summed E-state index contributed by atoms with van der Waals surface area (Å²) in [5.41, 5.74) is 7.40. The molecule has 0 aliphatic carbocycles. The lowest BCUT2D eigenvalue weighted by atomic mass is 9.92. The molecule has 1 aromatic heterocycles. The molecule has 1 aromatic carbocycles. The largest absolute Gasteiger partial charge is 0.299 e. The quantitative estimate of drug-likeness (QED) is 0.833. The van der Waals surface area contributed by atoms with Gasteiger partial charge in [0.2, 0.25) is 0 Å². The third-order valence-corrected chi connectivity index (χ3v) is 6.18. The number of aryl methyl sites for hydroxylation is 2. The Morgan fingerprint density at radius 2 is 1.77 bits per heavy atom. The van der Waals surface area contributed by atoms with E-state index < -0.39 is 0 Å². The summed E-state index contributed by atoms with van der Waals surface area (Å²) in [4.78, 5) is 9.46. The molecule has 3 heteroatoms. The molecule has 1 atom stereocenters. The van der Waals surface area contributed by atoms with Gasteiger partial charge in [-0.15, -0.1) is 0 Å². The molecule has 0 N–H and O–H groups in total. The summed E-state index contributed by atoms with van der Waals surface area (Å²) in [6.45, 7) is 11.6. The predicted molar refractivity (Wildman–Crippen MR) is 107 cm³/mol. The van der Waals surface area contributed by atoms with Crippen LogP contribution >= 0.6 is 0 Å². The molecule has 0 amide bonds. The Morgan fingerprint density at radius 3 is 2.58 bits per heavy atom. The third kappa shape index (κ3) is 4.16. The highest BCUT2D eigenvalue weighted by molar-refractivity contribution is 5.38. The minimum absolute atomic E-state index is 0.804. The van der Waals surface area contributed by atoms with Gasteiger partial charge in [0.1, 0.15) is 0 Å².